The Labute approximate surface area is 94.6 Å². The lowest BCUT2D eigenvalue weighted by Gasteiger charge is -2.00. The van der Waals surface area contributed by atoms with E-state index in [1.165, 1.54) is 18.2 Å². The molecule has 0 aliphatic rings. The number of benzene rings is 1. The molecule has 0 fully saturated rings. The lowest BCUT2D eigenvalue weighted by molar-refractivity contribution is -0.384. The first-order valence-electron chi connectivity index (χ1n) is 4.03. The second-order valence-electron chi connectivity index (χ2n) is 2.70. The standard InChI is InChI=1S/C9H8INO3/c1-2-9(12)7-4-3-6(11(13)14)5-8(7)10/h3-5H,2H2,1H3. The van der Waals surface area contributed by atoms with Crippen molar-refractivity contribution in [2.75, 3.05) is 0 Å². The van der Waals surface area contributed by atoms with Crippen molar-refractivity contribution in [3.63, 3.8) is 0 Å². The largest absolute Gasteiger partial charge is 0.294 e. The van der Waals surface area contributed by atoms with Crippen molar-refractivity contribution in [2.24, 2.45) is 0 Å². The summed E-state index contributed by atoms with van der Waals surface area (Å²) in [4.78, 5) is 21.3. The van der Waals surface area contributed by atoms with Crippen molar-refractivity contribution in [1.29, 1.82) is 0 Å². The van der Waals surface area contributed by atoms with Crippen LogP contribution in [0.4, 0.5) is 5.69 Å². The molecular weight excluding hydrogens is 297 g/mol. The third kappa shape index (κ3) is 2.28. The van der Waals surface area contributed by atoms with Crippen LogP contribution in [0.3, 0.4) is 0 Å². The average Bonchev–Trinajstić information content (AvgIpc) is 2.16. The fourth-order valence-corrected chi connectivity index (χ4v) is 1.83. The molecule has 1 rings (SSSR count). The topological polar surface area (TPSA) is 60.2 Å². The maximum Gasteiger partial charge on any atom is 0.270 e. The molecule has 5 heteroatoms. The van der Waals surface area contributed by atoms with Crippen molar-refractivity contribution in [3.8, 4) is 0 Å². The number of nitrogens with zero attached hydrogens (tertiary/aromatic N) is 1. The molecule has 1 aromatic carbocycles. The van der Waals surface area contributed by atoms with Gasteiger partial charge in [-0.1, -0.05) is 6.92 Å². The number of nitro benzene ring substituents is 1. The third-order valence-corrected chi connectivity index (χ3v) is 2.68. The maximum atomic E-state index is 11.3. The monoisotopic (exact) mass is 305 g/mol. The number of halogens is 1. The summed E-state index contributed by atoms with van der Waals surface area (Å²) in [5.41, 5.74) is 0.570. The summed E-state index contributed by atoms with van der Waals surface area (Å²) >= 11 is 1.93. The molecule has 0 bridgehead atoms. The van der Waals surface area contributed by atoms with Crippen LogP contribution in [0.5, 0.6) is 0 Å². The highest BCUT2D eigenvalue weighted by atomic mass is 127. The quantitative estimate of drug-likeness (QED) is 0.373. The van der Waals surface area contributed by atoms with Gasteiger partial charge in [-0.2, -0.15) is 0 Å². The van der Waals surface area contributed by atoms with Crippen LogP contribution >= 0.6 is 22.6 Å². The number of nitro groups is 1. The predicted molar refractivity (Wildman–Crippen MR) is 60.4 cm³/mol. The van der Waals surface area contributed by atoms with Crippen molar-refractivity contribution >= 4 is 34.1 Å². The van der Waals surface area contributed by atoms with Crippen molar-refractivity contribution in [3.05, 3.63) is 37.4 Å². The highest BCUT2D eigenvalue weighted by Crippen LogP contribution is 2.20. The predicted octanol–water partition coefficient (Wildman–Crippen LogP) is 2.79. The van der Waals surface area contributed by atoms with Crippen molar-refractivity contribution in [2.45, 2.75) is 13.3 Å². The average molecular weight is 305 g/mol. The molecule has 0 N–H and O–H groups in total. The van der Waals surface area contributed by atoms with E-state index in [-0.39, 0.29) is 11.5 Å². The van der Waals surface area contributed by atoms with Crippen LogP contribution < -0.4 is 0 Å². The molecule has 0 radical (unpaired) electrons. The third-order valence-electron chi connectivity index (χ3n) is 1.79. The molecule has 0 heterocycles. The SMILES string of the molecule is CCC(=O)c1ccc([N+](=O)[O-])cc1I. The van der Waals surface area contributed by atoms with Crippen LogP contribution in [0, 0.1) is 13.7 Å². The van der Waals surface area contributed by atoms with E-state index < -0.39 is 4.92 Å². The molecule has 1 aromatic rings. The summed E-state index contributed by atoms with van der Waals surface area (Å²) in [6.07, 6.45) is 0.411. The zero-order valence-corrected chi connectivity index (χ0v) is 9.65. The second-order valence-corrected chi connectivity index (χ2v) is 3.86. The first-order valence-corrected chi connectivity index (χ1v) is 5.11. The van der Waals surface area contributed by atoms with Crippen LogP contribution in [-0.4, -0.2) is 10.7 Å². The minimum Gasteiger partial charge on any atom is -0.294 e. The van der Waals surface area contributed by atoms with E-state index in [4.69, 9.17) is 0 Å². The van der Waals surface area contributed by atoms with E-state index in [1.54, 1.807) is 6.92 Å². The maximum absolute atomic E-state index is 11.3. The summed E-state index contributed by atoms with van der Waals surface area (Å²) in [6, 6.07) is 4.26. The molecule has 0 aromatic heterocycles. The van der Waals surface area contributed by atoms with Crippen molar-refractivity contribution in [1.82, 2.24) is 0 Å². The molecule has 0 aliphatic heterocycles. The minimum atomic E-state index is -0.470. The molecule has 0 atom stereocenters. The van der Waals surface area contributed by atoms with Gasteiger partial charge in [-0.05, 0) is 28.7 Å². The van der Waals surface area contributed by atoms with Crippen LogP contribution in [0.15, 0.2) is 18.2 Å². The molecule has 74 valence electrons. The number of carbonyl (C=O) groups excluding carboxylic acids is 1. The fraction of sp³-hybridized carbons (Fsp3) is 0.222. The van der Waals surface area contributed by atoms with Gasteiger partial charge in [-0.25, -0.2) is 0 Å². The van der Waals surface area contributed by atoms with E-state index in [9.17, 15) is 14.9 Å². The van der Waals surface area contributed by atoms with Crippen LogP contribution in [-0.2, 0) is 0 Å². The highest BCUT2D eigenvalue weighted by Gasteiger charge is 2.12. The number of hydrogen-bond donors (Lipinski definition) is 0. The Kier molecular flexibility index (Phi) is 3.56. The smallest absolute Gasteiger partial charge is 0.270 e. The fourth-order valence-electron chi connectivity index (χ4n) is 1.03. The minimum absolute atomic E-state index is 0.00398. The van der Waals surface area contributed by atoms with Gasteiger partial charge in [-0.3, -0.25) is 14.9 Å². The molecule has 0 amide bonds. The first kappa shape index (κ1) is 11.1. The summed E-state index contributed by atoms with van der Waals surface area (Å²) in [6.45, 7) is 1.76. The normalized spacial score (nSPS) is 9.86. The van der Waals surface area contributed by atoms with E-state index >= 15 is 0 Å². The zero-order chi connectivity index (χ0) is 10.7. The zero-order valence-electron chi connectivity index (χ0n) is 7.49. The van der Waals surface area contributed by atoms with Crippen LogP contribution in [0.2, 0.25) is 0 Å². The molecule has 0 spiro atoms. The van der Waals surface area contributed by atoms with Crippen LogP contribution in [0.1, 0.15) is 23.7 Å². The number of rotatable bonds is 3. The van der Waals surface area contributed by atoms with Gasteiger partial charge in [0.2, 0.25) is 0 Å². The van der Waals surface area contributed by atoms with Crippen molar-refractivity contribution < 1.29 is 9.72 Å². The summed E-state index contributed by atoms with van der Waals surface area (Å²) in [5, 5.41) is 10.4. The Morgan fingerprint density at radius 2 is 2.21 bits per heavy atom. The van der Waals surface area contributed by atoms with Gasteiger partial charge in [0.1, 0.15) is 0 Å². The van der Waals surface area contributed by atoms with E-state index in [0.717, 1.165) is 0 Å². The Balaban J connectivity index is 3.14. The Hall–Kier alpha value is -0.980. The molecule has 0 aliphatic carbocycles. The summed E-state index contributed by atoms with van der Waals surface area (Å²) < 4.78 is 0.628. The Morgan fingerprint density at radius 3 is 2.64 bits per heavy atom. The Bertz CT molecular complexity index is 390. The Morgan fingerprint density at radius 1 is 1.57 bits per heavy atom. The number of Topliss-reactive ketones (excluding diaryl/α,β-unsaturated/α-hetero) is 1. The lowest BCUT2D eigenvalue weighted by atomic mass is 10.1. The first-order chi connectivity index (χ1) is 6.56. The molecular formula is C9H8INO3. The second kappa shape index (κ2) is 4.50. The van der Waals surface area contributed by atoms with Gasteiger partial charge in [0, 0.05) is 27.7 Å². The molecule has 0 saturated heterocycles. The van der Waals surface area contributed by atoms with Gasteiger partial charge in [-0.15, -0.1) is 0 Å². The number of hydrogen-bond acceptors (Lipinski definition) is 3. The molecule has 0 saturated carbocycles. The number of non-ortho nitro benzene ring substituents is 1. The van der Waals surface area contributed by atoms with Gasteiger partial charge in [0.25, 0.3) is 5.69 Å². The van der Waals surface area contributed by atoms with E-state index in [2.05, 4.69) is 0 Å². The van der Waals surface area contributed by atoms with Gasteiger partial charge in [0.05, 0.1) is 4.92 Å². The van der Waals surface area contributed by atoms with Crippen LogP contribution in [0.25, 0.3) is 0 Å². The van der Waals surface area contributed by atoms with E-state index in [0.29, 0.717) is 15.6 Å². The lowest BCUT2D eigenvalue weighted by Crippen LogP contribution is -2.00. The van der Waals surface area contributed by atoms with Gasteiger partial charge >= 0.3 is 0 Å². The summed E-state index contributed by atoms with van der Waals surface area (Å²) in [7, 11) is 0. The molecule has 14 heavy (non-hydrogen) atoms. The number of ketones is 1. The van der Waals surface area contributed by atoms with Gasteiger partial charge in [0.15, 0.2) is 5.78 Å². The molecule has 4 nitrogen and oxygen atoms in total. The summed E-state index contributed by atoms with van der Waals surface area (Å²) in [5.74, 6) is 0.00398. The number of carbonyl (C=O) groups is 1. The molecule has 0 unspecified atom stereocenters. The highest BCUT2D eigenvalue weighted by molar-refractivity contribution is 14.1. The van der Waals surface area contributed by atoms with Gasteiger partial charge < -0.3 is 0 Å². The van der Waals surface area contributed by atoms with E-state index in [1.807, 2.05) is 22.6 Å².